The predicted octanol–water partition coefficient (Wildman–Crippen LogP) is 7.37. The van der Waals surface area contributed by atoms with Crippen molar-refractivity contribution in [1.82, 2.24) is 4.57 Å². The van der Waals surface area contributed by atoms with E-state index in [4.69, 9.17) is 39.8 Å². The largest absolute Gasteiger partial charge is 0.312 e. The summed E-state index contributed by atoms with van der Waals surface area (Å²) in [5, 5.41) is 14.6. The third-order valence-electron chi connectivity index (χ3n) is 4.55. The molecule has 0 N–H and O–H groups in total. The third kappa shape index (κ3) is 4.99. The van der Waals surface area contributed by atoms with Crippen molar-refractivity contribution in [2.75, 3.05) is 0 Å². The van der Waals surface area contributed by atoms with Gasteiger partial charge in [0.05, 0.1) is 27.9 Å². The number of nitro groups is 1. The van der Waals surface area contributed by atoms with E-state index in [1.54, 1.807) is 30.3 Å². The molecule has 0 aliphatic rings. The number of nitro benzene ring substituents is 1. The van der Waals surface area contributed by atoms with Crippen molar-refractivity contribution in [2.45, 2.75) is 6.54 Å². The fourth-order valence-electron chi connectivity index (χ4n) is 3.00. The highest BCUT2D eigenvalue weighted by molar-refractivity contribution is 7.07. The van der Waals surface area contributed by atoms with E-state index in [0.717, 1.165) is 21.6 Å². The van der Waals surface area contributed by atoms with Crippen molar-refractivity contribution < 1.29 is 4.92 Å². The van der Waals surface area contributed by atoms with Crippen molar-refractivity contribution in [3.8, 4) is 11.3 Å². The first-order chi connectivity index (χ1) is 14.9. The van der Waals surface area contributed by atoms with Gasteiger partial charge in [-0.25, -0.2) is 4.99 Å². The maximum Gasteiger partial charge on any atom is 0.269 e. The minimum atomic E-state index is -0.414. The Morgan fingerprint density at radius 2 is 1.61 bits per heavy atom. The fourth-order valence-corrected chi connectivity index (χ4v) is 4.50. The molecule has 5 nitrogen and oxygen atoms in total. The SMILES string of the molecule is O=[N+]([O-])c1ccc(-c2csc(=Nc3ccc(Cl)cc3Cl)n2Cc2ccc(Cl)cc2)cc1. The molecule has 4 rings (SSSR count). The van der Waals surface area contributed by atoms with E-state index in [0.29, 0.717) is 27.3 Å². The lowest BCUT2D eigenvalue weighted by Crippen LogP contribution is -2.16. The molecule has 0 spiro atoms. The average Bonchev–Trinajstić information content (AvgIpc) is 3.14. The second kappa shape index (κ2) is 9.24. The number of hydrogen-bond acceptors (Lipinski definition) is 4. The van der Waals surface area contributed by atoms with Crippen LogP contribution < -0.4 is 4.80 Å². The highest BCUT2D eigenvalue weighted by atomic mass is 35.5. The van der Waals surface area contributed by atoms with Crippen LogP contribution in [0.5, 0.6) is 0 Å². The molecule has 1 aromatic heterocycles. The molecule has 156 valence electrons. The number of nitrogens with zero attached hydrogens (tertiary/aromatic N) is 3. The smallest absolute Gasteiger partial charge is 0.269 e. The van der Waals surface area contributed by atoms with Crippen LogP contribution in [0.25, 0.3) is 11.3 Å². The first-order valence-electron chi connectivity index (χ1n) is 9.08. The molecule has 0 atom stereocenters. The number of non-ortho nitro benzene ring substituents is 1. The Kier molecular flexibility index (Phi) is 6.43. The van der Waals surface area contributed by atoms with Crippen LogP contribution in [0.3, 0.4) is 0 Å². The lowest BCUT2D eigenvalue weighted by Gasteiger charge is -2.10. The van der Waals surface area contributed by atoms with Gasteiger partial charge in [0.1, 0.15) is 0 Å². The predicted molar refractivity (Wildman–Crippen MR) is 127 cm³/mol. The average molecular weight is 491 g/mol. The van der Waals surface area contributed by atoms with Crippen LogP contribution >= 0.6 is 46.1 Å². The van der Waals surface area contributed by atoms with E-state index in [1.807, 2.05) is 34.2 Å². The lowest BCUT2D eigenvalue weighted by molar-refractivity contribution is -0.384. The normalized spacial score (nSPS) is 11.6. The number of aromatic nitrogens is 1. The van der Waals surface area contributed by atoms with E-state index in [-0.39, 0.29) is 5.69 Å². The van der Waals surface area contributed by atoms with Crippen LogP contribution in [-0.4, -0.2) is 9.49 Å². The van der Waals surface area contributed by atoms with Crippen molar-refractivity contribution in [2.24, 2.45) is 4.99 Å². The second-order valence-corrected chi connectivity index (χ2v) is 8.74. The zero-order valence-electron chi connectivity index (χ0n) is 15.8. The third-order valence-corrected chi connectivity index (χ3v) is 6.20. The fraction of sp³-hybridized carbons (Fsp3) is 0.0455. The molecule has 0 aliphatic heterocycles. The molecule has 9 heteroatoms. The molecular weight excluding hydrogens is 477 g/mol. The zero-order valence-corrected chi connectivity index (χ0v) is 18.9. The lowest BCUT2D eigenvalue weighted by atomic mass is 10.1. The Labute approximate surface area is 196 Å². The zero-order chi connectivity index (χ0) is 22.0. The summed E-state index contributed by atoms with van der Waals surface area (Å²) in [6.45, 7) is 0.539. The molecule has 0 radical (unpaired) electrons. The molecule has 1 heterocycles. The number of hydrogen-bond donors (Lipinski definition) is 0. The van der Waals surface area contributed by atoms with E-state index in [9.17, 15) is 10.1 Å². The van der Waals surface area contributed by atoms with Gasteiger partial charge >= 0.3 is 0 Å². The molecule has 0 unspecified atom stereocenters. The van der Waals surface area contributed by atoms with Gasteiger partial charge in [-0.2, -0.15) is 0 Å². The molecule has 0 bridgehead atoms. The molecule has 0 amide bonds. The van der Waals surface area contributed by atoms with Gasteiger partial charge in [0, 0.05) is 27.6 Å². The number of benzene rings is 3. The van der Waals surface area contributed by atoms with Crippen LogP contribution in [0.15, 0.2) is 77.1 Å². The summed E-state index contributed by atoms with van der Waals surface area (Å²) < 4.78 is 2.04. The Hall–Kier alpha value is -2.64. The highest BCUT2D eigenvalue weighted by Crippen LogP contribution is 2.29. The molecular formula is C22H14Cl3N3O2S. The van der Waals surface area contributed by atoms with Gasteiger partial charge in [-0.3, -0.25) is 10.1 Å². The van der Waals surface area contributed by atoms with Crippen LogP contribution in [0.2, 0.25) is 15.1 Å². The quantitative estimate of drug-likeness (QED) is 0.217. The Bertz CT molecular complexity index is 1310. The van der Waals surface area contributed by atoms with Crippen LogP contribution in [0.1, 0.15) is 5.56 Å². The van der Waals surface area contributed by atoms with Gasteiger partial charge in [-0.15, -0.1) is 11.3 Å². The topological polar surface area (TPSA) is 60.4 Å². The van der Waals surface area contributed by atoms with Gasteiger partial charge in [-0.1, -0.05) is 46.9 Å². The number of thiazole rings is 1. The van der Waals surface area contributed by atoms with Crippen LogP contribution in [0.4, 0.5) is 11.4 Å². The Morgan fingerprint density at radius 1 is 0.935 bits per heavy atom. The van der Waals surface area contributed by atoms with E-state index < -0.39 is 4.92 Å². The molecule has 0 fully saturated rings. The van der Waals surface area contributed by atoms with Crippen LogP contribution in [-0.2, 0) is 6.54 Å². The number of rotatable bonds is 5. The summed E-state index contributed by atoms with van der Waals surface area (Å²) in [5.74, 6) is 0. The Morgan fingerprint density at radius 3 is 2.26 bits per heavy atom. The molecule has 0 aliphatic carbocycles. The summed E-state index contributed by atoms with van der Waals surface area (Å²) in [4.78, 5) is 16.1. The first kappa shape index (κ1) is 21.6. The summed E-state index contributed by atoms with van der Waals surface area (Å²) in [6.07, 6.45) is 0. The van der Waals surface area contributed by atoms with Gasteiger partial charge in [0.2, 0.25) is 0 Å². The van der Waals surface area contributed by atoms with Gasteiger partial charge < -0.3 is 4.57 Å². The number of halogens is 3. The van der Waals surface area contributed by atoms with Gasteiger partial charge in [0.15, 0.2) is 4.80 Å². The first-order valence-corrected chi connectivity index (χ1v) is 11.1. The van der Waals surface area contributed by atoms with E-state index in [1.165, 1.54) is 23.5 Å². The minimum Gasteiger partial charge on any atom is -0.312 e. The molecule has 0 saturated heterocycles. The van der Waals surface area contributed by atoms with Crippen molar-refractivity contribution in [3.63, 3.8) is 0 Å². The summed E-state index contributed by atoms with van der Waals surface area (Å²) >= 11 is 19.8. The van der Waals surface area contributed by atoms with Crippen molar-refractivity contribution >= 4 is 57.5 Å². The van der Waals surface area contributed by atoms with Gasteiger partial charge in [-0.05, 0) is 53.6 Å². The standard InChI is InChI=1S/C22H14Cl3N3O2S/c23-16-5-1-14(2-6-16)12-27-21(15-3-8-18(9-4-15)28(29)30)13-31-22(27)26-20-10-7-17(24)11-19(20)25/h1-11,13H,12H2. The molecule has 31 heavy (non-hydrogen) atoms. The molecule has 0 saturated carbocycles. The second-order valence-electron chi connectivity index (χ2n) is 6.63. The monoisotopic (exact) mass is 489 g/mol. The summed E-state index contributed by atoms with van der Waals surface area (Å²) in [5.41, 5.74) is 3.42. The Balaban J connectivity index is 1.84. The molecule has 3 aromatic carbocycles. The van der Waals surface area contributed by atoms with E-state index in [2.05, 4.69) is 0 Å². The van der Waals surface area contributed by atoms with E-state index >= 15 is 0 Å². The summed E-state index contributed by atoms with van der Waals surface area (Å²) in [7, 11) is 0. The highest BCUT2D eigenvalue weighted by Gasteiger charge is 2.12. The van der Waals surface area contributed by atoms with Crippen molar-refractivity contribution in [1.29, 1.82) is 0 Å². The maximum atomic E-state index is 11.0. The maximum absolute atomic E-state index is 11.0. The summed E-state index contributed by atoms with van der Waals surface area (Å²) in [6, 6.07) is 19.2. The molecule has 4 aromatic rings. The van der Waals surface area contributed by atoms with Crippen molar-refractivity contribution in [3.05, 3.63) is 108 Å². The minimum absolute atomic E-state index is 0.0427. The van der Waals surface area contributed by atoms with Gasteiger partial charge in [0.25, 0.3) is 5.69 Å². The van der Waals surface area contributed by atoms with Crippen LogP contribution in [0, 0.1) is 10.1 Å².